The van der Waals surface area contributed by atoms with E-state index in [4.69, 9.17) is 15.2 Å². The number of nitrogen functional groups attached to an aromatic ring is 1. The molecule has 8 nitrogen and oxygen atoms in total. The topological polar surface area (TPSA) is 103 Å². The molecular weight excluding hydrogens is 370 g/mol. The van der Waals surface area contributed by atoms with E-state index < -0.39 is 0 Å². The number of benzene rings is 1. The minimum atomic E-state index is 0. The average molecular weight is 396 g/mol. The Labute approximate surface area is 164 Å². The van der Waals surface area contributed by atoms with Gasteiger partial charge in [-0.2, -0.15) is 4.98 Å². The number of fused-ring (bicyclic) bond motifs is 1. The van der Waals surface area contributed by atoms with Crippen molar-refractivity contribution in [3.8, 4) is 11.5 Å². The van der Waals surface area contributed by atoms with Gasteiger partial charge in [-0.3, -0.25) is 4.79 Å². The zero-order valence-corrected chi connectivity index (χ0v) is 16.6. The Morgan fingerprint density at radius 2 is 1.93 bits per heavy atom. The molecular formula is C18H26ClN5O3. The number of methoxy groups -OCH3 is 2. The van der Waals surface area contributed by atoms with E-state index in [9.17, 15) is 4.79 Å². The molecule has 27 heavy (non-hydrogen) atoms. The molecule has 148 valence electrons. The Kier molecular flexibility index (Phi) is 6.90. The lowest BCUT2D eigenvalue weighted by atomic mass is 10.2. The Bertz CT molecular complexity index is 813. The van der Waals surface area contributed by atoms with Gasteiger partial charge in [0.15, 0.2) is 11.5 Å². The van der Waals surface area contributed by atoms with Crippen molar-refractivity contribution in [2.24, 2.45) is 5.92 Å². The lowest BCUT2D eigenvalue weighted by Crippen LogP contribution is -2.29. The van der Waals surface area contributed by atoms with Gasteiger partial charge < -0.3 is 25.4 Å². The Morgan fingerprint density at radius 3 is 2.56 bits per heavy atom. The number of aromatic nitrogens is 2. The summed E-state index contributed by atoms with van der Waals surface area (Å²) in [6.07, 6.45) is 2.84. The first-order valence-electron chi connectivity index (χ1n) is 8.71. The second kappa shape index (κ2) is 8.94. The van der Waals surface area contributed by atoms with Crippen molar-refractivity contribution in [3.05, 3.63) is 12.1 Å². The third-order valence-corrected chi connectivity index (χ3v) is 4.48. The van der Waals surface area contributed by atoms with Crippen LogP contribution in [0, 0.1) is 5.92 Å². The molecule has 1 heterocycles. The van der Waals surface area contributed by atoms with Crippen LogP contribution in [-0.4, -0.2) is 50.2 Å². The zero-order valence-electron chi connectivity index (χ0n) is 15.8. The molecule has 0 unspecified atom stereocenters. The molecule has 1 aliphatic rings. The van der Waals surface area contributed by atoms with E-state index in [2.05, 4.69) is 15.3 Å². The molecule has 0 atom stereocenters. The van der Waals surface area contributed by atoms with E-state index in [1.165, 1.54) is 0 Å². The average Bonchev–Trinajstić information content (AvgIpc) is 3.48. The molecule has 3 rings (SSSR count). The van der Waals surface area contributed by atoms with Gasteiger partial charge in [-0.25, -0.2) is 4.98 Å². The van der Waals surface area contributed by atoms with Crippen LogP contribution in [0.2, 0.25) is 0 Å². The molecule has 0 saturated heterocycles. The number of hydrogen-bond donors (Lipinski definition) is 2. The number of anilines is 2. The largest absolute Gasteiger partial charge is 0.493 e. The van der Waals surface area contributed by atoms with Gasteiger partial charge in [0.05, 0.1) is 19.7 Å². The van der Waals surface area contributed by atoms with Crippen LogP contribution in [0.3, 0.4) is 0 Å². The van der Waals surface area contributed by atoms with E-state index in [0.717, 1.165) is 24.6 Å². The second-order valence-corrected chi connectivity index (χ2v) is 6.47. The first-order valence-corrected chi connectivity index (χ1v) is 8.71. The minimum absolute atomic E-state index is 0. The van der Waals surface area contributed by atoms with Gasteiger partial charge in [0, 0.05) is 37.5 Å². The normalized spacial score (nSPS) is 13.0. The number of rotatable bonds is 8. The second-order valence-electron chi connectivity index (χ2n) is 6.47. The van der Waals surface area contributed by atoms with Crippen molar-refractivity contribution in [2.45, 2.75) is 19.3 Å². The van der Waals surface area contributed by atoms with Crippen molar-refractivity contribution in [3.63, 3.8) is 0 Å². The lowest BCUT2D eigenvalue weighted by molar-refractivity contribution is -0.122. The number of nitrogens with one attached hydrogen (secondary N) is 1. The van der Waals surface area contributed by atoms with Gasteiger partial charge in [0.2, 0.25) is 11.9 Å². The van der Waals surface area contributed by atoms with E-state index in [0.29, 0.717) is 41.9 Å². The lowest BCUT2D eigenvalue weighted by Gasteiger charge is -2.18. The maximum Gasteiger partial charge on any atom is 0.227 e. The van der Waals surface area contributed by atoms with Crippen LogP contribution in [0.25, 0.3) is 10.9 Å². The summed E-state index contributed by atoms with van der Waals surface area (Å²) in [5, 5.41) is 3.68. The van der Waals surface area contributed by atoms with Gasteiger partial charge in [0.25, 0.3) is 0 Å². The third-order valence-electron chi connectivity index (χ3n) is 4.48. The number of carbonyl (C=O) groups excluding carboxylic acids is 1. The van der Waals surface area contributed by atoms with E-state index in [1.807, 2.05) is 11.9 Å². The highest BCUT2D eigenvalue weighted by atomic mass is 35.5. The molecule has 0 radical (unpaired) electrons. The highest BCUT2D eigenvalue weighted by Gasteiger charge is 2.29. The van der Waals surface area contributed by atoms with Crippen LogP contribution in [0.5, 0.6) is 11.5 Å². The van der Waals surface area contributed by atoms with Gasteiger partial charge in [-0.15, -0.1) is 12.4 Å². The number of amides is 1. The highest BCUT2D eigenvalue weighted by molar-refractivity contribution is 5.91. The summed E-state index contributed by atoms with van der Waals surface area (Å²) in [5.74, 6) is 2.51. The molecule has 1 aromatic heterocycles. The van der Waals surface area contributed by atoms with Crippen molar-refractivity contribution < 1.29 is 14.3 Å². The molecule has 0 aliphatic heterocycles. The number of halogens is 1. The number of hydrogen-bond acceptors (Lipinski definition) is 7. The first-order chi connectivity index (χ1) is 12.5. The summed E-state index contributed by atoms with van der Waals surface area (Å²) in [6.45, 7) is 1.36. The van der Waals surface area contributed by atoms with Crippen molar-refractivity contribution in [2.75, 3.05) is 45.0 Å². The summed E-state index contributed by atoms with van der Waals surface area (Å²) in [6, 6.07) is 3.57. The van der Waals surface area contributed by atoms with Gasteiger partial charge >= 0.3 is 0 Å². The molecule has 3 N–H and O–H groups in total. The Hall–Kier alpha value is -2.48. The number of nitrogens with two attached hydrogens (primary N) is 1. The molecule has 2 aromatic rings. The molecule has 1 saturated carbocycles. The van der Waals surface area contributed by atoms with Gasteiger partial charge in [-0.1, -0.05) is 0 Å². The van der Waals surface area contributed by atoms with Crippen LogP contribution in [-0.2, 0) is 4.79 Å². The van der Waals surface area contributed by atoms with E-state index >= 15 is 0 Å². The highest BCUT2D eigenvalue weighted by Crippen LogP contribution is 2.34. The minimum Gasteiger partial charge on any atom is -0.493 e. The van der Waals surface area contributed by atoms with Gasteiger partial charge in [-0.05, 0) is 25.3 Å². The SMILES string of the molecule is COc1cc2nc(N(C)CCCNC(=O)C3CC3)nc(N)c2cc1OC.Cl. The summed E-state index contributed by atoms with van der Waals surface area (Å²) >= 11 is 0. The van der Waals surface area contributed by atoms with Crippen LogP contribution in [0.1, 0.15) is 19.3 Å². The summed E-state index contributed by atoms with van der Waals surface area (Å²) in [4.78, 5) is 22.5. The van der Waals surface area contributed by atoms with Crippen LogP contribution >= 0.6 is 12.4 Å². The molecule has 1 aromatic carbocycles. The monoisotopic (exact) mass is 395 g/mol. The first kappa shape index (κ1) is 20.8. The molecule has 9 heteroatoms. The third kappa shape index (κ3) is 4.82. The molecule has 1 amide bonds. The Morgan fingerprint density at radius 1 is 1.26 bits per heavy atom. The zero-order chi connectivity index (χ0) is 18.7. The molecule has 1 fully saturated rings. The maximum atomic E-state index is 11.6. The summed E-state index contributed by atoms with van der Waals surface area (Å²) in [5.41, 5.74) is 6.81. The van der Waals surface area contributed by atoms with Crippen LogP contribution < -0.4 is 25.4 Å². The van der Waals surface area contributed by atoms with Gasteiger partial charge in [0.1, 0.15) is 5.82 Å². The van der Waals surface area contributed by atoms with Crippen molar-refractivity contribution in [1.29, 1.82) is 0 Å². The molecule has 0 bridgehead atoms. The van der Waals surface area contributed by atoms with Crippen LogP contribution in [0.15, 0.2) is 12.1 Å². The van der Waals surface area contributed by atoms with Crippen molar-refractivity contribution in [1.82, 2.24) is 15.3 Å². The summed E-state index contributed by atoms with van der Waals surface area (Å²) in [7, 11) is 5.06. The van der Waals surface area contributed by atoms with E-state index in [-0.39, 0.29) is 24.2 Å². The number of ether oxygens (including phenoxy) is 2. The fraction of sp³-hybridized carbons (Fsp3) is 0.500. The standard InChI is InChI=1S/C18H25N5O3.ClH/c1-23(8-4-7-20-17(24)11-5-6-11)18-21-13-10-15(26-3)14(25-2)9-12(13)16(19)22-18;/h9-11H,4-8H2,1-3H3,(H,20,24)(H2,19,21,22);1H. The Balaban J connectivity index is 0.00000261. The fourth-order valence-corrected chi connectivity index (χ4v) is 2.75. The maximum absolute atomic E-state index is 11.6. The van der Waals surface area contributed by atoms with Crippen molar-refractivity contribution >= 4 is 41.0 Å². The predicted molar refractivity (Wildman–Crippen MR) is 108 cm³/mol. The number of carbonyl (C=O) groups is 1. The molecule has 1 aliphatic carbocycles. The quantitative estimate of drug-likeness (QED) is 0.659. The molecule has 0 spiro atoms. The van der Waals surface area contributed by atoms with Crippen LogP contribution in [0.4, 0.5) is 11.8 Å². The smallest absolute Gasteiger partial charge is 0.227 e. The predicted octanol–water partition coefficient (Wildman–Crippen LogP) is 2.00. The van der Waals surface area contributed by atoms with E-state index in [1.54, 1.807) is 26.4 Å². The number of nitrogens with zero attached hydrogens (tertiary/aromatic N) is 3. The summed E-state index contributed by atoms with van der Waals surface area (Å²) < 4.78 is 10.6. The fourth-order valence-electron chi connectivity index (χ4n) is 2.75.